The van der Waals surface area contributed by atoms with Crippen LogP contribution in [0.4, 0.5) is 0 Å². The number of aromatic nitrogens is 6. The minimum atomic E-state index is 0.977. The second kappa shape index (κ2) is 35.7. The Labute approximate surface area is 590 Å². The molecule has 0 aliphatic heterocycles. The van der Waals surface area contributed by atoms with Gasteiger partial charge in [-0.1, -0.05) is 330 Å². The summed E-state index contributed by atoms with van der Waals surface area (Å²) in [4.78, 5) is 26.9. The van der Waals surface area contributed by atoms with Gasteiger partial charge in [-0.15, -0.1) is 0 Å². The Bertz CT molecular complexity index is 4310. The Balaban J connectivity index is 0.000000133. The van der Waals surface area contributed by atoms with Crippen LogP contribution < -0.4 is 0 Å². The number of benzene rings is 11. The molecule has 0 atom stereocenters. The molecule has 2 aliphatic carbocycles. The summed E-state index contributed by atoms with van der Waals surface area (Å²) in [6.07, 6.45) is 11.1. The van der Waals surface area contributed by atoms with Gasteiger partial charge < -0.3 is 0 Å². The van der Waals surface area contributed by atoms with E-state index < -0.39 is 0 Å². The highest BCUT2D eigenvalue weighted by molar-refractivity contribution is 6.08. The second-order valence-electron chi connectivity index (χ2n) is 22.0. The molecule has 0 saturated heterocycles. The van der Waals surface area contributed by atoms with Crippen LogP contribution in [0.1, 0.15) is 69.2 Å². The van der Waals surface area contributed by atoms with Crippen LogP contribution in [0.2, 0.25) is 0 Å². The van der Waals surface area contributed by atoms with Crippen molar-refractivity contribution < 1.29 is 0 Å². The molecule has 0 saturated carbocycles. The molecule has 19 rings (SSSR count). The number of para-hydroxylation sites is 1. The summed E-state index contributed by atoms with van der Waals surface area (Å²) >= 11 is 0. The first-order valence-electron chi connectivity index (χ1n) is 35.2. The molecule has 0 unspecified atom stereocenters. The van der Waals surface area contributed by atoms with Crippen LogP contribution in [-0.2, 0) is 0 Å². The van der Waals surface area contributed by atoms with E-state index in [0.29, 0.717) is 0 Å². The van der Waals surface area contributed by atoms with Gasteiger partial charge in [-0.05, 0) is 114 Å². The minimum absolute atomic E-state index is 0.977. The maximum absolute atomic E-state index is 4.73. The average Bonchev–Trinajstić information content (AvgIpc) is 0.756. The fourth-order valence-corrected chi connectivity index (χ4v) is 12.7. The molecule has 17 aromatic rings. The van der Waals surface area contributed by atoms with Crippen LogP contribution >= 0.6 is 0 Å². The van der Waals surface area contributed by atoms with Crippen LogP contribution in [0.15, 0.2) is 340 Å². The molecule has 0 radical (unpaired) electrons. The number of fused-ring (bicyclic) bond motifs is 25. The van der Waals surface area contributed by atoms with E-state index in [1.165, 1.54) is 110 Å². The van der Waals surface area contributed by atoms with Crippen LogP contribution in [-0.4, -0.2) is 29.9 Å². The predicted molar refractivity (Wildman–Crippen MR) is 431 cm³/mol. The lowest BCUT2D eigenvalue weighted by atomic mass is 9.83. The fourth-order valence-electron chi connectivity index (χ4n) is 12.7. The molecule has 492 valence electrons. The van der Waals surface area contributed by atoms with E-state index in [0.717, 1.165) is 44.2 Å². The third-order valence-electron chi connectivity index (χ3n) is 16.8. The normalized spacial score (nSPS) is 10.3. The maximum atomic E-state index is 4.73. The fraction of sp³-hybridized carbons (Fsp3) is 0.106. The molecule has 11 aromatic carbocycles. The molecule has 6 heteroatoms. The summed E-state index contributed by atoms with van der Waals surface area (Å²) in [6, 6.07) is 105. The molecule has 6 heterocycles. The topological polar surface area (TPSA) is 77.3 Å². The van der Waals surface area contributed by atoms with E-state index in [4.69, 9.17) is 9.97 Å². The van der Waals surface area contributed by atoms with Gasteiger partial charge in [0.25, 0.3) is 0 Å². The molecule has 0 N–H and O–H groups in total. The van der Waals surface area contributed by atoms with Crippen molar-refractivity contribution in [1.29, 1.82) is 0 Å². The molecule has 6 aromatic heterocycles. The molecule has 0 bridgehead atoms. The summed E-state index contributed by atoms with van der Waals surface area (Å²) in [5, 5.41) is 9.75. The summed E-state index contributed by atoms with van der Waals surface area (Å²) in [5.74, 6) is 0. The highest BCUT2D eigenvalue weighted by Crippen LogP contribution is 2.48. The van der Waals surface area contributed by atoms with Crippen LogP contribution in [0.5, 0.6) is 0 Å². The summed E-state index contributed by atoms with van der Waals surface area (Å²) in [5.41, 5.74) is 23.5. The van der Waals surface area contributed by atoms with E-state index in [2.05, 4.69) is 275 Å². The Morgan fingerprint density at radius 3 is 0.840 bits per heavy atom. The highest BCUT2D eigenvalue weighted by atomic mass is 14.7. The first-order valence-corrected chi connectivity index (χ1v) is 35.2. The van der Waals surface area contributed by atoms with E-state index in [1.807, 2.05) is 143 Å². The van der Waals surface area contributed by atoms with Gasteiger partial charge >= 0.3 is 0 Å². The van der Waals surface area contributed by atoms with Gasteiger partial charge in [-0.2, -0.15) is 0 Å². The van der Waals surface area contributed by atoms with Crippen molar-refractivity contribution >= 4 is 65.2 Å². The van der Waals surface area contributed by atoms with E-state index in [9.17, 15) is 0 Å². The minimum Gasteiger partial charge on any atom is -0.256 e. The molecular weight excluding hydrogens is 1210 g/mol. The SMILES string of the molecule is CC.CC.CC.CC.CC.c1ccc2c(c1)-c1ccccc1-c1cccnc1-c1ccccc1-2.c1ccc2c(c1)-c1ccccc1-c1cccnc1-c1ccccc1-2.c1ccc2c(c1)ccc1ncccc12.c1ccc2c(c1)cnc1ccccc12.c1cnc2c(c1)ccc1cccnc12. The van der Waals surface area contributed by atoms with Gasteiger partial charge in [0.2, 0.25) is 0 Å². The van der Waals surface area contributed by atoms with Crippen molar-refractivity contribution in [2.45, 2.75) is 69.2 Å². The summed E-state index contributed by atoms with van der Waals surface area (Å²) in [6.45, 7) is 20.0. The smallest absolute Gasteiger partial charge is 0.0964 e. The van der Waals surface area contributed by atoms with Crippen molar-refractivity contribution in [2.24, 2.45) is 0 Å². The second-order valence-corrected chi connectivity index (χ2v) is 22.0. The van der Waals surface area contributed by atoms with Gasteiger partial charge in [-0.3, -0.25) is 29.9 Å². The quantitative estimate of drug-likeness (QED) is 0.141. The third-order valence-corrected chi connectivity index (χ3v) is 16.8. The zero-order valence-electron chi connectivity index (χ0n) is 59.0. The number of hydrogen-bond donors (Lipinski definition) is 0. The van der Waals surface area contributed by atoms with Crippen LogP contribution in [0.3, 0.4) is 0 Å². The van der Waals surface area contributed by atoms with E-state index in [1.54, 1.807) is 12.4 Å². The molecule has 6 nitrogen and oxygen atoms in total. The lowest BCUT2D eigenvalue weighted by Gasteiger charge is -2.21. The Hall–Kier alpha value is -12.1. The molecule has 0 fully saturated rings. The zero-order chi connectivity index (χ0) is 70.0. The number of nitrogens with zero attached hydrogens (tertiary/aromatic N) is 6. The van der Waals surface area contributed by atoms with Crippen LogP contribution in [0.25, 0.3) is 154 Å². The zero-order valence-corrected chi connectivity index (χ0v) is 59.0. The largest absolute Gasteiger partial charge is 0.256 e. The number of hydrogen-bond acceptors (Lipinski definition) is 6. The maximum Gasteiger partial charge on any atom is 0.0964 e. The Morgan fingerprint density at radius 2 is 0.410 bits per heavy atom. The molecule has 0 amide bonds. The Kier molecular flexibility index (Phi) is 25.3. The molecule has 100 heavy (non-hydrogen) atoms. The molecular formula is C94H86N6. The van der Waals surface area contributed by atoms with E-state index >= 15 is 0 Å². The first-order chi connectivity index (χ1) is 49.7. The molecule has 0 spiro atoms. The number of rotatable bonds is 0. The van der Waals surface area contributed by atoms with E-state index in [-0.39, 0.29) is 0 Å². The molecule has 2 aliphatic rings. The monoisotopic (exact) mass is 1300 g/mol. The van der Waals surface area contributed by atoms with Gasteiger partial charge in [0.15, 0.2) is 0 Å². The lowest BCUT2D eigenvalue weighted by Crippen LogP contribution is -1.98. The summed E-state index contributed by atoms with van der Waals surface area (Å²) < 4.78 is 0. The van der Waals surface area contributed by atoms with Crippen molar-refractivity contribution in [2.75, 3.05) is 0 Å². The average molecular weight is 1300 g/mol. The lowest BCUT2D eigenvalue weighted by molar-refractivity contribution is 1.32. The van der Waals surface area contributed by atoms with Crippen molar-refractivity contribution in [3.05, 3.63) is 340 Å². The third kappa shape index (κ3) is 15.3. The van der Waals surface area contributed by atoms with Crippen LogP contribution in [0, 0.1) is 0 Å². The standard InChI is InChI=1S/2C23H15N.2C13H9N.C12H8N2.5C2H6/c2*1-2-9-17-16(8-1)18-10-3-4-11-20(18)22-14-7-15-24-23(22)21-13-6-5-12-19(17)21;1-2-6-11-10(5-1)9-14-13-8-4-3-7-12(11)13;1-2-5-11-10(4-1)7-8-13-12(11)6-3-9-14-13;1-3-9-5-6-10-4-2-8-14-12(10)11(9)13-7-1;5*1-2/h2*1-15H;2*1-9H;1-8H;5*1-2H3. The first kappa shape index (κ1) is 70.7. The number of pyridine rings is 6. The highest BCUT2D eigenvalue weighted by Gasteiger charge is 2.23. The van der Waals surface area contributed by atoms with Gasteiger partial charge in [-0.25, -0.2) is 0 Å². The Morgan fingerprint density at radius 1 is 0.160 bits per heavy atom. The van der Waals surface area contributed by atoms with Gasteiger partial charge in [0, 0.05) is 86.4 Å². The predicted octanol–water partition coefficient (Wildman–Crippen LogP) is 26.8. The van der Waals surface area contributed by atoms with Gasteiger partial charge in [0.1, 0.15) is 0 Å². The van der Waals surface area contributed by atoms with Crippen molar-refractivity contribution in [3.8, 4) is 89.3 Å². The van der Waals surface area contributed by atoms with Gasteiger partial charge in [0.05, 0.1) is 33.5 Å². The van der Waals surface area contributed by atoms with Crippen molar-refractivity contribution in [3.63, 3.8) is 0 Å². The summed E-state index contributed by atoms with van der Waals surface area (Å²) in [7, 11) is 0. The van der Waals surface area contributed by atoms with Crippen molar-refractivity contribution in [1.82, 2.24) is 29.9 Å².